The van der Waals surface area contributed by atoms with Crippen LogP contribution in [0.5, 0.6) is 0 Å². The van der Waals surface area contributed by atoms with Crippen LogP contribution < -0.4 is 10.6 Å². The highest BCUT2D eigenvalue weighted by Gasteiger charge is 2.21. The van der Waals surface area contributed by atoms with E-state index in [1.165, 1.54) is 6.42 Å². The van der Waals surface area contributed by atoms with Gasteiger partial charge in [-0.1, -0.05) is 0 Å². The Morgan fingerprint density at radius 2 is 2.00 bits per heavy atom. The molecule has 1 amide bonds. The van der Waals surface area contributed by atoms with Gasteiger partial charge >= 0.3 is 6.09 Å². The number of hydrogen-bond donors (Lipinski definition) is 2. The molecule has 4 heteroatoms. The van der Waals surface area contributed by atoms with Crippen LogP contribution in [0.3, 0.4) is 0 Å². The smallest absolute Gasteiger partial charge is 0.407 e. The van der Waals surface area contributed by atoms with E-state index in [1.807, 2.05) is 0 Å². The van der Waals surface area contributed by atoms with Gasteiger partial charge in [-0.3, -0.25) is 0 Å². The number of amides is 1. The first-order valence-electron chi connectivity index (χ1n) is 5.98. The largest absolute Gasteiger partial charge is 0.449 e. The third-order valence-corrected chi connectivity index (χ3v) is 3.34. The van der Waals surface area contributed by atoms with Crippen LogP contribution >= 0.6 is 0 Å². The number of piperidine rings is 1. The third-order valence-electron chi connectivity index (χ3n) is 3.34. The van der Waals surface area contributed by atoms with E-state index in [9.17, 15) is 4.79 Å². The van der Waals surface area contributed by atoms with Gasteiger partial charge in [0.1, 0.15) is 0 Å². The van der Waals surface area contributed by atoms with E-state index in [-0.39, 0.29) is 6.09 Å². The van der Waals surface area contributed by atoms with E-state index in [0.29, 0.717) is 18.6 Å². The molecule has 2 aliphatic rings. The highest BCUT2D eigenvalue weighted by atomic mass is 16.5. The van der Waals surface area contributed by atoms with Crippen LogP contribution in [0.1, 0.15) is 32.1 Å². The first-order chi connectivity index (χ1) is 7.34. The summed E-state index contributed by atoms with van der Waals surface area (Å²) in [5.74, 6) is 0.554. The molecule has 15 heavy (non-hydrogen) atoms. The van der Waals surface area contributed by atoms with E-state index in [4.69, 9.17) is 4.74 Å². The molecule has 1 aliphatic carbocycles. The standard InChI is InChI=1S/C11H20N2O2/c14-11(13-10-2-1-3-10)15-8-9-4-6-12-7-5-9/h9-10,12H,1-8H2,(H,13,14). The van der Waals surface area contributed by atoms with Crippen LogP contribution in [-0.2, 0) is 4.74 Å². The topological polar surface area (TPSA) is 50.4 Å². The van der Waals surface area contributed by atoms with Gasteiger partial charge < -0.3 is 15.4 Å². The molecule has 0 bridgehead atoms. The Labute approximate surface area is 90.8 Å². The predicted octanol–water partition coefficient (Wildman–Crippen LogP) is 1.26. The van der Waals surface area contributed by atoms with E-state index in [0.717, 1.165) is 38.8 Å². The second-order valence-electron chi connectivity index (χ2n) is 4.56. The van der Waals surface area contributed by atoms with E-state index < -0.39 is 0 Å². The Morgan fingerprint density at radius 1 is 1.27 bits per heavy atom. The average molecular weight is 212 g/mol. The fourth-order valence-electron chi connectivity index (χ4n) is 2.00. The van der Waals surface area contributed by atoms with Gasteiger partial charge in [-0.2, -0.15) is 0 Å². The molecule has 0 atom stereocenters. The molecule has 1 aliphatic heterocycles. The average Bonchev–Trinajstić information content (AvgIpc) is 2.22. The molecular formula is C11H20N2O2. The number of rotatable bonds is 3. The molecule has 86 valence electrons. The lowest BCUT2D eigenvalue weighted by Crippen LogP contribution is -2.40. The van der Waals surface area contributed by atoms with Crippen molar-refractivity contribution in [3.63, 3.8) is 0 Å². The molecular weight excluding hydrogens is 192 g/mol. The van der Waals surface area contributed by atoms with Gasteiger partial charge in [0.15, 0.2) is 0 Å². The summed E-state index contributed by atoms with van der Waals surface area (Å²) in [6.45, 7) is 2.69. The lowest BCUT2D eigenvalue weighted by molar-refractivity contribution is 0.110. The van der Waals surface area contributed by atoms with Crippen LogP contribution in [-0.4, -0.2) is 31.8 Å². The van der Waals surface area contributed by atoms with Gasteiger partial charge in [-0.15, -0.1) is 0 Å². The quantitative estimate of drug-likeness (QED) is 0.740. The first-order valence-corrected chi connectivity index (χ1v) is 5.98. The molecule has 1 saturated carbocycles. The maximum Gasteiger partial charge on any atom is 0.407 e. The monoisotopic (exact) mass is 212 g/mol. The molecule has 0 aromatic heterocycles. The van der Waals surface area contributed by atoms with Crippen LogP contribution in [0.25, 0.3) is 0 Å². The zero-order valence-electron chi connectivity index (χ0n) is 9.13. The Balaban J connectivity index is 1.57. The van der Waals surface area contributed by atoms with Gasteiger partial charge in [0, 0.05) is 6.04 Å². The molecule has 4 nitrogen and oxygen atoms in total. The van der Waals surface area contributed by atoms with Gasteiger partial charge in [0.05, 0.1) is 6.61 Å². The van der Waals surface area contributed by atoms with Crippen molar-refractivity contribution in [2.75, 3.05) is 19.7 Å². The number of ether oxygens (including phenoxy) is 1. The maximum atomic E-state index is 11.3. The summed E-state index contributed by atoms with van der Waals surface area (Å²) in [4.78, 5) is 11.3. The van der Waals surface area contributed by atoms with Crippen molar-refractivity contribution < 1.29 is 9.53 Å². The van der Waals surface area contributed by atoms with Gasteiger partial charge in [-0.05, 0) is 51.1 Å². The molecule has 1 heterocycles. The maximum absolute atomic E-state index is 11.3. The molecule has 0 aromatic carbocycles. The number of nitrogens with one attached hydrogen (secondary N) is 2. The normalized spacial score (nSPS) is 23.2. The zero-order valence-corrected chi connectivity index (χ0v) is 9.13. The Bertz CT molecular complexity index is 211. The molecule has 2 rings (SSSR count). The van der Waals surface area contributed by atoms with Crippen molar-refractivity contribution in [1.82, 2.24) is 10.6 Å². The molecule has 2 fully saturated rings. The summed E-state index contributed by atoms with van der Waals surface area (Å²) in [7, 11) is 0. The van der Waals surface area contributed by atoms with Crippen molar-refractivity contribution >= 4 is 6.09 Å². The summed E-state index contributed by atoms with van der Waals surface area (Å²) < 4.78 is 5.21. The van der Waals surface area contributed by atoms with Gasteiger partial charge in [0.2, 0.25) is 0 Å². The van der Waals surface area contributed by atoms with Crippen molar-refractivity contribution in [1.29, 1.82) is 0 Å². The molecule has 1 saturated heterocycles. The highest BCUT2D eigenvalue weighted by Crippen LogP contribution is 2.18. The third kappa shape index (κ3) is 3.38. The molecule has 0 unspecified atom stereocenters. The molecule has 2 N–H and O–H groups in total. The fourth-order valence-corrected chi connectivity index (χ4v) is 2.00. The number of carbonyl (C=O) groups is 1. The fraction of sp³-hybridized carbons (Fsp3) is 0.909. The predicted molar refractivity (Wildman–Crippen MR) is 57.7 cm³/mol. The summed E-state index contributed by atoms with van der Waals surface area (Å²) in [6.07, 6.45) is 5.48. The second kappa shape index (κ2) is 5.35. The van der Waals surface area contributed by atoms with Crippen LogP contribution in [0.2, 0.25) is 0 Å². The highest BCUT2D eigenvalue weighted by molar-refractivity contribution is 5.67. The Kier molecular flexibility index (Phi) is 3.83. The van der Waals surface area contributed by atoms with Crippen molar-refractivity contribution in [3.05, 3.63) is 0 Å². The van der Waals surface area contributed by atoms with Crippen LogP contribution in [0.15, 0.2) is 0 Å². The molecule has 0 aromatic rings. The number of hydrogen-bond acceptors (Lipinski definition) is 3. The number of carbonyl (C=O) groups excluding carboxylic acids is 1. The lowest BCUT2D eigenvalue weighted by atomic mass is 9.93. The van der Waals surface area contributed by atoms with Crippen LogP contribution in [0.4, 0.5) is 4.79 Å². The Morgan fingerprint density at radius 3 is 2.60 bits per heavy atom. The minimum Gasteiger partial charge on any atom is -0.449 e. The van der Waals surface area contributed by atoms with E-state index in [2.05, 4.69) is 10.6 Å². The van der Waals surface area contributed by atoms with Crippen LogP contribution in [0, 0.1) is 5.92 Å². The van der Waals surface area contributed by atoms with E-state index in [1.54, 1.807) is 0 Å². The van der Waals surface area contributed by atoms with Crippen molar-refractivity contribution in [2.24, 2.45) is 5.92 Å². The lowest BCUT2D eigenvalue weighted by Gasteiger charge is -2.27. The zero-order chi connectivity index (χ0) is 10.5. The number of alkyl carbamates (subject to hydrolysis) is 1. The summed E-state index contributed by atoms with van der Waals surface area (Å²) in [5.41, 5.74) is 0. The minimum absolute atomic E-state index is 0.224. The Hall–Kier alpha value is -0.770. The SMILES string of the molecule is O=C(NC1CCC1)OCC1CCNCC1. The second-order valence-corrected chi connectivity index (χ2v) is 4.56. The first kappa shape index (κ1) is 10.7. The molecule has 0 radical (unpaired) electrons. The summed E-state index contributed by atoms with van der Waals surface area (Å²) in [6, 6.07) is 0.380. The van der Waals surface area contributed by atoms with Crippen molar-refractivity contribution in [2.45, 2.75) is 38.1 Å². The van der Waals surface area contributed by atoms with Gasteiger partial charge in [-0.25, -0.2) is 4.79 Å². The minimum atomic E-state index is -0.224. The summed E-state index contributed by atoms with van der Waals surface area (Å²) in [5, 5.41) is 6.18. The summed E-state index contributed by atoms with van der Waals surface area (Å²) >= 11 is 0. The van der Waals surface area contributed by atoms with Crippen molar-refractivity contribution in [3.8, 4) is 0 Å². The molecule has 0 spiro atoms. The van der Waals surface area contributed by atoms with E-state index >= 15 is 0 Å². The van der Waals surface area contributed by atoms with Gasteiger partial charge in [0.25, 0.3) is 0 Å².